The van der Waals surface area contributed by atoms with Crippen LogP contribution in [-0.4, -0.2) is 28.1 Å². The molecule has 5 rings (SSSR count). The smallest absolute Gasteiger partial charge is 0.232 e. The Morgan fingerprint density at radius 3 is 2.44 bits per heavy atom. The van der Waals surface area contributed by atoms with Crippen LogP contribution in [0.2, 0.25) is 0 Å². The zero-order valence-electron chi connectivity index (χ0n) is 22.7. The maximum atomic E-state index is 12.8. The third-order valence-corrected chi connectivity index (χ3v) is 7.90. The summed E-state index contributed by atoms with van der Waals surface area (Å²) in [7, 11) is 0. The molecule has 0 spiro atoms. The molecule has 2 atom stereocenters. The van der Waals surface area contributed by atoms with Crippen LogP contribution in [0.5, 0.6) is 0 Å². The van der Waals surface area contributed by atoms with E-state index in [-0.39, 0.29) is 29.1 Å². The van der Waals surface area contributed by atoms with Gasteiger partial charge in [0.2, 0.25) is 5.91 Å². The van der Waals surface area contributed by atoms with Crippen molar-refractivity contribution in [3.8, 4) is 0 Å². The highest BCUT2D eigenvalue weighted by molar-refractivity contribution is 6.00. The Morgan fingerprint density at radius 2 is 1.78 bits per heavy atom. The van der Waals surface area contributed by atoms with E-state index in [0.29, 0.717) is 12.0 Å². The van der Waals surface area contributed by atoms with Crippen LogP contribution in [0.3, 0.4) is 0 Å². The second kappa shape index (κ2) is 9.84. The third-order valence-electron chi connectivity index (χ3n) is 7.90. The van der Waals surface area contributed by atoms with Crippen molar-refractivity contribution in [3.05, 3.63) is 70.3 Å². The highest BCUT2D eigenvalue weighted by Crippen LogP contribution is 2.50. The predicted molar refractivity (Wildman–Crippen MR) is 146 cm³/mol. The summed E-state index contributed by atoms with van der Waals surface area (Å²) in [6.45, 7) is 11.9. The first-order valence-electron chi connectivity index (χ1n) is 13.3. The minimum absolute atomic E-state index is 0.00773. The number of Topliss-reactive ketones (excluding diaryl/α,β-unsaturated/α-hetero) is 1. The molecule has 3 aliphatic rings. The van der Waals surface area contributed by atoms with Crippen LogP contribution in [0.25, 0.3) is 0 Å². The van der Waals surface area contributed by atoms with Gasteiger partial charge in [-0.25, -0.2) is 4.99 Å². The monoisotopic (exact) mass is 487 g/mol. The van der Waals surface area contributed by atoms with Crippen molar-refractivity contribution in [1.29, 1.82) is 0 Å². The summed E-state index contributed by atoms with van der Waals surface area (Å²) in [5.74, 6) is 1.15. The van der Waals surface area contributed by atoms with Crippen LogP contribution in [-0.2, 0) is 17.6 Å². The number of amides is 1. The highest BCUT2D eigenvalue weighted by atomic mass is 16.2. The largest absolute Gasteiger partial charge is 0.369 e. The number of hydrogen-bond acceptors (Lipinski definition) is 4. The van der Waals surface area contributed by atoms with Crippen LogP contribution in [0.15, 0.2) is 47.5 Å². The Kier molecular flexibility index (Phi) is 7.14. The van der Waals surface area contributed by atoms with Crippen LogP contribution in [0.1, 0.15) is 112 Å². The van der Waals surface area contributed by atoms with E-state index in [9.17, 15) is 9.59 Å². The van der Waals surface area contributed by atoms with Gasteiger partial charge in [-0.05, 0) is 86.1 Å². The van der Waals surface area contributed by atoms with E-state index in [1.807, 2.05) is 32.0 Å². The summed E-state index contributed by atoms with van der Waals surface area (Å²) in [6, 6.07) is 14.5. The zero-order valence-corrected chi connectivity index (χ0v) is 22.7. The molecule has 2 aliphatic carbocycles. The number of ketones is 1. The lowest BCUT2D eigenvalue weighted by atomic mass is 9.83. The van der Waals surface area contributed by atoms with E-state index in [1.54, 1.807) is 23.0 Å². The Bertz CT molecular complexity index is 1190. The molecule has 0 aromatic heterocycles. The van der Waals surface area contributed by atoms with Gasteiger partial charge in [-0.1, -0.05) is 63.6 Å². The van der Waals surface area contributed by atoms with Crippen molar-refractivity contribution in [3.63, 3.8) is 0 Å². The standard InChI is InChI=1S/C19H25N3O2.C12H16/c1-11(23)12-6-7-13-9-18(2,3)16(14(13)8-12)22-15(24)10-19(4,5)21-17(22)20;1-2-5-10-8-9-11-6-3-4-7-12(10)11/h6-8,16H,9-10H2,1-5H3,(H2,20,21);3-4,6-7,10H,2,5,8-9H2,1H3. The second-order valence-corrected chi connectivity index (χ2v) is 12.0. The Labute approximate surface area is 216 Å². The Morgan fingerprint density at radius 1 is 1.06 bits per heavy atom. The van der Waals surface area contributed by atoms with Gasteiger partial charge in [0.15, 0.2) is 11.7 Å². The number of fused-ring (bicyclic) bond motifs is 2. The molecule has 1 heterocycles. The highest BCUT2D eigenvalue weighted by Gasteiger charge is 2.47. The number of rotatable bonds is 4. The van der Waals surface area contributed by atoms with E-state index < -0.39 is 5.54 Å². The molecule has 1 amide bonds. The van der Waals surface area contributed by atoms with Gasteiger partial charge in [-0.15, -0.1) is 0 Å². The molecule has 0 saturated carbocycles. The maximum Gasteiger partial charge on any atom is 0.232 e. The molecule has 192 valence electrons. The number of carbonyl (C=O) groups is 2. The number of hydrogen-bond donors (Lipinski definition) is 1. The molecule has 0 saturated heterocycles. The minimum Gasteiger partial charge on any atom is -0.369 e. The number of guanidine groups is 1. The van der Waals surface area contributed by atoms with Crippen molar-refractivity contribution in [1.82, 2.24) is 4.90 Å². The van der Waals surface area contributed by atoms with E-state index in [0.717, 1.165) is 17.9 Å². The minimum atomic E-state index is -0.468. The van der Waals surface area contributed by atoms with Crippen LogP contribution < -0.4 is 5.73 Å². The molecule has 2 aromatic carbocycles. The lowest BCUT2D eigenvalue weighted by Crippen LogP contribution is -2.53. The zero-order chi connectivity index (χ0) is 26.3. The average Bonchev–Trinajstić information content (AvgIpc) is 3.30. The number of nitrogens with two attached hydrogens (primary N) is 1. The van der Waals surface area contributed by atoms with E-state index >= 15 is 0 Å². The second-order valence-electron chi connectivity index (χ2n) is 12.0. The van der Waals surface area contributed by atoms with E-state index in [2.05, 4.69) is 50.0 Å². The number of carbonyl (C=O) groups excluding carboxylic acids is 2. The molecular formula is C31H41N3O2. The van der Waals surface area contributed by atoms with Crippen molar-refractivity contribution in [2.45, 2.75) is 97.6 Å². The summed E-state index contributed by atoms with van der Waals surface area (Å²) in [5.41, 5.74) is 11.6. The summed E-state index contributed by atoms with van der Waals surface area (Å²) in [6.07, 6.45) is 6.55. The van der Waals surface area contributed by atoms with Crippen molar-refractivity contribution < 1.29 is 9.59 Å². The lowest BCUT2D eigenvalue weighted by Gasteiger charge is -2.41. The van der Waals surface area contributed by atoms with Crippen molar-refractivity contribution >= 4 is 17.6 Å². The first-order chi connectivity index (χ1) is 16.9. The van der Waals surface area contributed by atoms with Gasteiger partial charge < -0.3 is 5.73 Å². The molecule has 5 heteroatoms. The molecule has 36 heavy (non-hydrogen) atoms. The Balaban J connectivity index is 0.000000211. The van der Waals surface area contributed by atoms with Gasteiger partial charge in [-0.2, -0.15) is 0 Å². The van der Waals surface area contributed by atoms with E-state index in [1.165, 1.54) is 31.2 Å². The summed E-state index contributed by atoms with van der Waals surface area (Å²) in [4.78, 5) is 30.8. The topological polar surface area (TPSA) is 75.8 Å². The van der Waals surface area contributed by atoms with E-state index in [4.69, 9.17) is 5.73 Å². The molecule has 0 radical (unpaired) electrons. The maximum absolute atomic E-state index is 12.8. The van der Waals surface area contributed by atoms with Gasteiger partial charge in [0.05, 0.1) is 18.0 Å². The van der Waals surface area contributed by atoms with Gasteiger partial charge in [0.25, 0.3) is 0 Å². The van der Waals surface area contributed by atoms with Gasteiger partial charge in [-0.3, -0.25) is 14.5 Å². The molecule has 2 aromatic rings. The average molecular weight is 488 g/mol. The van der Waals surface area contributed by atoms with Crippen LogP contribution in [0, 0.1) is 5.41 Å². The third kappa shape index (κ3) is 5.11. The van der Waals surface area contributed by atoms with Crippen molar-refractivity contribution in [2.24, 2.45) is 16.1 Å². The van der Waals surface area contributed by atoms with Crippen molar-refractivity contribution in [2.75, 3.05) is 0 Å². The predicted octanol–water partition coefficient (Wildman–Crippen LogP) is 6.35. The SMILES string of the molecule is CC(=O)c1ccc2c(c1)C(N1C(=O)CC(C)(C)N=C1N)C(C)(C)C2.CCCC1CCc2ccccc21. The summed E-state index contributed by atoms with van der Waals surface area (Å²) < 4.78 is 0. The van der Waals surface area contributed by atoms with Gasteiger partial charge in [0.1, 0.15) is 0 Å². The molecule has 0 bridgehead atoms. The van der Waals surface area contributed by atoms with Gasteiger partial charge in [0, 0.05) is 5.56 Å². The first kappa shape index (κ1) is 26.1. The molecule has 0 fully saturated rings. The molecule has 2 N–H and O–H groups in total. The number of aliphatic imine (C=N–C) groups is 1. The molecule has 5 nitrogen and oxygen atoms in total. The fraction of sp³-hybridized carbons (Fsp3) is 0.516. The number of nitrogens with zero attached hydrogens (tertiary/aromatic N) is 2. The molecule has 2 unspecified atom stereocenters. The summed E-state index contributed by atoms with van der Waals surface area (Å²) in [5, 5.41) is 0. The van der Waals surface area contributed by atoms with Crippen LogP contribution >= 0.6 is 0 Å². The fourth-order valence-electron chi connectivity index (χ4n) is 6.28. The fourth-order valence-corrected chi connectivity index (χ4v) is 6.28. The molecular weight excluding hydrogens is 446 g/mol. The van der Waals surface area contributed by atoms with Crippen LogP contribution in [0.4, 0.5) is 0 Å². The summed E-state index contributed by atoms with van der Waals surface area (Å²) >= 11 is 0. The lowest BCUT2D eigenvalue weighted by molar-refractivity contribution is -0.132. The number of aryl methyl sites for hydroxylation is 1. The quantitative estimate of drug-likeness (QED) is 0.510. The van der Waals surface area contributed by atoms with Gasteiger partial charge >= 0.3 is 0 Å². The Hall–Kier alpha value is -2.95. The first-order valence-corrected chi connectivity index (χ1v) is 13.3. The number of benzene rings is 2. The molecule has 1 aliphatic heterocycles. The normalized spacial score (nSPS) is 23.3.